The molecule has 6 heteroatoms. The van der Waals surface area contributed by atoms with Crippen LogP contribution in [0.1, 0.15) is 239 Å². The number of esters is 3. The number of ether oxygens (including phenoxy) is 3. The molecule has 6 nitrogen and oxygen atoms in total. The molecule has 0 unspecified atom stereocenters. The predicted octanol–water partition coefficient (Wildman–Crippen LogP) is 17.8. The van der Waals surface area contributed by atoms with E-state index in [9.17, 15) is 14.4 Å². The third-order valence-corrected chi connectivity index (χ3v) is 11.1. The second-order valence-electron chi connectivity index (χ2n) is 17.4. The van der Waals surface area contributed by atoms with Crippen molar-refractivity contribution in [3.05, 3.63) is 97.2 Å². The largest absolute Gasteiger partial charge is 0.462 e. The topological polar surface area (TPSA) is 78.9 Å². The van der Waals surface area contributed by atoms with Gasteiger partial charge in [0.1, 0.15) is 13.2 Å². The molecule has 65 heavy (non-hydrogen) atoms. The Bertz CT molecular complexity index is 1310. The highest BCUT2D eigenvalue weighted by Gasteiger charge is 2.19. The highest BCUT2D eigenvalue weighted by Crippen LogP contribution is 2.14. The SMILES string of the molecule is CC/C=C\C/C=C\C/C=C\C/C=C\C/C=C\CCCC(=O)OC[C@H](COC(=O)CCCCCCCCCCCCCCC)OC(=O)CCCCCC/C=C\C/C=C\C/C=C\CCCCC. The van der Waals surface area contributed by atoms with E-state index in [2.05, 4.69) is 118 Å². The summed E-state index contributed by atoms with van der Waals surface area (Å²) in [6.07, 6.45) is 69.6. The first-order chi connectivity index (χ1) is 32.0. The molecule has 0 heterocycles. The van der Waals surface area contributed by atoms with Crippen LogP contribution in [0.2, 0.25) is 0 Å². The molecular formula is C59H98O6. The van der Waals surface area contributed by atoms with Gasteiger partial charge in [-0.2, -0.15) is 0 Å². The summed E-state index contributed by atoms with van der Waals surface area (Å²) in [5.74, 6) is -0.987. The lowest BCUT2D eigenvalue weighted by atomic mass is 10.0. The minimum absolute atomic E-state index is 0.104. The van der Waals surface area contributed by atoms with E-state index < -0.39 is 6.10 Å². The smallest absolute Gasteiger partial charge is 0.306 e. The van der Waals surface area contributed by atoms with Crippen LogP contribution in [0, 0.1) is 0 Å². The van der Waals surface area contributed by atoms with Crippen molar-refractivity contribution in [2.75, 3.05) is 13.2 Å². The van der Waals surface area contributed by atoms with Crippen LogP contribution in [0.4, 0.5) is 0 Å². The van der Waals surface area contributed by atoms with Gasteiger partial charge in [-0.15, -0.1) is 0 Å². The van der Waals surface area contributed by atoms with Crippen LogP contribution in [0.3, 0.4) is 0 Å². The fourth-order valence-electron chi connectivity index (χ4n) is 7.07. The van der Waals surface area contributed by atoms with Crippen LogP contribution in [-0.4, -0.2) is 37.2 Å². The minimum atomic E-state index is -0.811. The summed E-state index contributed by atoms with van der Waals surface area (Å²) in [5, 5.41) is 0. The summed E-state index contributed by atoms with van der Waals surface area (Å²) < 4.78 is 16.8. The van der Waals surface area contributed by atoms with Crippen LogP contribution in [-0.2, 0) is 28.6 Å². The van der Waals surface area contributed by atoms with Gasteiger partial charge in [-0.05, 0) is 96.3 Å². The molecule has 0 saturated heterocycles. The van der Waals surface area contributed by atoms with Crippen LogP contribution in [0.25, 0.3) is 0 Å². The molecule has 0 rings (SSSR count). The predicted molar refractivity (Wildman–Crippen MR) is 279 cm³/mol. The molecule has 0 spiro atoms. The van der Waals surface area contributed by atoms with E-state index in [4.69, 9.17) is 14.2 Å². The quantitative estimate of drug-likeness (QED) is 0.0262. The van der Waals surface area contributed by atoms with E-state index in [1.807, 2.05) is 0 Å². The summed E-state index contributed by atoms with van der Waals surface area (Å²) in [6, 6.07) is 0. The van der Waals surface area contributed by atoms with E-state index in [-0.39, 0.29) is 44.0 Å². The Labute approximate surface area is 400 Å². The zero-order chi connectivity index (χ0) is 47.2. The average molecular weight is 903 g/mol. The molecule has 0 fully saturated rings. The maximum absolute atomic E-state index is 12.8. The lowest BCUT2D eigenvalue weighted by molar-refractivity contribution is -0.167. The number of unbranched alkanes of at least 4 members (excludes halogenated alkanes) is 20. The molecule has 370 valence electrons. The van der Waals surface area contributed by atoms with Crippen molar-refractivity contribution in [1.29, 1.82) is 0 Å². The van der Waals surface area contributed by atoms with Crippen molar-refractivity contribution in [3.8, 4) is 0 Å². The van der Waals surface area contributed by atoms with Gasteiger partial charge in [-0.25, -0.2) is 0 Å². The molecule has 0 bridgehead atoms. The molecule has 0 radical (unpaired) electrons. The van der Waals surface area contributed by atoms with Gasteiger partial charge in [0, 0.05) is 19.3 Å². The monoisotopic (exact) mass is 903 g/mol. The van der Waals surface area contributed by atoms with Gasteiger partial charge in [0.25, 0.3) is 0 Å². The number of hydrogen-bond donors (Lipinski definition) is 0. The van der Waals surface area contributed by atoms with Gasteiger partial charge >= 0.3 is 17.9 Å². The first-order valence-corrected chi connectivity index (χ1v) is 26.7. The lowest BCUT2D eigenvalue weighted by Gasteiger charge is -2.18. The summed E-state index contributed by atoms with van der Waals surface area (Å²) in [4.78, 5) is 38.0. The van der Waals surface area contributed by atoms with Gasteiger partial charge < -0.3 is 14.2 Å². The average Bonchev–Trinajstić information content (AvgIpc) is 3.30. The van der Waals surface area contributed by atoms with E-state index in [0.29, 0.717) is 12.8 Å². The van der Waals surface area contributed by atoms with Crippen LogP contribution in [0.15, 0.2) is 97.2 Å². The Morgan fingerprint density at radius 1 is 0.323 bits per heavy atom. The Balaban J connectivity index is 4.52. The molecule has 0 N–H and O–H groups in total. The third-order valence-electron chi connectivity index (χ3n) is 11.1. The molecule has 0 aromatic carbocycles. The maximum Gasteiger partial charge on any atom is 0.306 e. The van der Waals surface area contributed by atoms with Gasteiger partial charge in [0.15, 0.2) is 6.10 Å². The minimum Gasteiger partial charge on any atom is -0.462 e. The van der Waals surface area contributed by atoms with Crippen molar-refractivity contribution < 1.29 is 28.6 Å². The van der Waals surface area contributed by atoms with E-state index in [1.165, 1.54) is 89.9 Å². The summed E-state index contributed by atoms with van der Waals surface area (Å²) >= 11 is 0. The van der Waals surface area contributed by atoms with Crippen molar-refractivity contribution >= 4 is 17.9 Å². The molecule has 0 aliphatic heterocycles. The number of rotatable bonds is 47. The first-order valence-electron chi connectivity index (χ1n) is 26.7. The highest BCUT2D eigenvalue weighted by atomic mass is 16.6. The summed E-state index contributed by atoms with van der Waals surface area (Å²) in [7, 11) is 0. The number of hydrogen-bond acceptors (Lipinski definition) is 6. The van der Waals surface area contributed by atoms with E-state index in [1.54, 1.807) is 0 Å². The first kappa shape index (κ1) is 61.3. The molecule has 0 saturated carbocycles. The van der Waals surface area contributed by atoms with Gasteiger partial charge in [-0.3, -0.25) is 14.4 Å². The Hall–Kier alpha value is -3.67. The van der Waals surface area contributed by atoms with Gasteiger partial charge in [0.05, 0.1) is 0 Å². The Kier molecular flexibility index (Phi) is 50.0. The van der Waals surface area contributed by atoms with E-state index >= 15 is 0 Å². The van der Waals surface area contributed by atoms with Crippen LogP contribution >= 0.6 is 0 Å². The second-order valence-corrected chi connectivity index (χ2v) is 17.4. The molecule has 0 aromatic heterocycles. The number of carbonyl (C=O) groups excluding carboxylic acids is 3. The molecule has 0 aliphatic rings. The zero-order valence-corrected chi connectivity index (χ0v) is 42.2. The molecule has 1 atom stereocenters. The molecule has 0 aliphatic carbocycles. The standard InChI is InChI=1S/C59H98O6/c1-4-7-10-13-16-19-22-25-27-29-31-34-37-40-43-46-49-52-58(61)64-55-56(54-63-57(60)51-48-45-42-39-36-33-24-21-18-15-12-9-6-3)65-59(62)53-50-47-44-41-38-35-32-30-28-26-23-20-17-14-11-8-5-2/h7,10,16-17,19-20,25-28,31-32,34-35,40,43,56H,4-6,8-9,11-15,18,21-24,29-30,33,36-39,41-42,44-55H2,1-3H3/b10-7-,19-16-,20-17-,27-25-,28-26-,34-31-,35-32-,43-40-/t56-/m0/s1. The summed E-state index contributed by atoms with van der Waals surface area (Å²) in [5.41, 5.74) is 0. The summed E-state index contributed by atoms with van der Waals surface area (Å²) in [6.45, 7) is 6.43. The maximum atomic E-state index is 12.8. The Morgan fingerprint density at radius 2 is 0.615 bits per heavy atom. The van der Waals surface area contributed by atoms with Crippen molar-refractivity contribution in [2.45, 2.75) is 245 Å². The normalized spacial score (nSPS) is 12.8. The molecule has 0 aromatic rings. The lowest BCUT2D eigenvalue weighted by Crippen LogP contribution is -2.30. The van der Waals surface area contributed by atoms with E-state index in [0.717, 1.165) is 103 Å². The van der Waals surface area contributed by atoms with Gasteiger partial charge in [0.2, 0.25) is 0 Å². The van der Waals surface area contributed by atoms with Crippen molar-refractivity contribution in [2.24, 2.45) is 0 Å². The fraction of sp³-hybridized carbons (Fsp3) is 0.678. The van der Waals surface area contributed by atoms with Crippen LogP contribution in [0.5, 0.6) is 0 Å². The Morgan fingerprint density at radius 3 is 1.03 bits per heavy atom. The fourth-order valence-corrected chi connectivity index (χ4v) is 7.07. The second kappa shape index (κ2) is 52.9. The zero-order valence-electron chi connectivity index (χ0n) is 42.2. The van der Waals surface area contributed by atoms with Crippen molar-refractivity contribution in [3.63, 3.8) is 0 Å². The van der Waals surface area contributed by atoms with Crippen molar-refractivity contribution in [1.82, 2.24) is 0 Å². The van der Waals surface area contributed by atoms with Crippen LogP contribution < -0.4 is 0 Å². The number of allylic oxidation sites excluding steroid dienone is 16. The third kappa shape index (κ3) is 51.2. The highest BCUT2D eigenvalue weighted by molar-refractivity contribution is 5.71. The number of carbonyl (C=O) groups is 3. The molecular weight excluding hydrogens is 805 g/mol. The molecule has 0 amide bonds. The van der Waals surface area contributed by atoms with Gasteiger partial charge in [-0.1, -0.05) is 221 Å².